The summed E-state index contributed by atoms with van der Waals surface area (Å²) in [6.07, 6.45) is 16.1. The average molecular weight is 497 g/mol. The van der Waals surface area contributed by atoms with E-state index in [0.29, 0.717) is 31.0 Å². The molecule has 8 N–H and O–H groups in total. The topological polar surface area (TPSA) is 149 Å². The summed E-state index contributed by atoms with van der Waals surface area (Å²) in [5.41, 5.74) is 20.0. The van der Waals surface area contributed by atoms with Gasteiger partial charge in [-0.15, -0.1) is 0 Å². The lowest BCUT2D eigenvalue weighted by Gasteiger charge is -2.25. The molecule has 0 aromatic heterocycles. The minimum Gasteiger partial charge on any atom is -0.370 e. The van der Waals surface area contributed by atoms with Gasteiger partial charge < -0.3 is 27.8 Å². The predicted molar refractivity (Wildman–Crippen MR) is 146 cm³/mol. The number of guanidine groups is 1. The van der Waals surface area contributed by atoms with Gasteiger partial charge in [-0.1, -0.05) is 55.9 Å². The van der Waals surface area contributed by atoms with Crippen molar-refractivity contribution in [3.63, 3.8) is 0 Å². The van der Waals surface area contributed by atoms with Gasteiger partial charge >= 0.3 is 0 Å². The van der Waals surface area contributed by atoms with Crippen LogP contribution in [0.1, 0.15) is 82.6 Å². The van der Waals surface area contributed by atoms with Crippen LogP contribution in [0.5, 0.6) is 0 Å². The van der Waals surface area contributed by atoms with Gasteiger partial charge in [-0.05, 0) is 75.0 Å². The van der Waals surface area contributed by atoms with Crippen LogP contribution in [0.2, 0.25) is 0 Å². The molecule has 0 saturated heterocycles. The molecule has 8 heteroatoms. The second kappa shape index (κ2) is 14.6. The van der Waals surface area contributed by atoms with E-state index in [-0.39, 0.29) is 17.8 Å². The van der Waals surface area contributed by atoms with E-state index < -0.39 is 12.1 Å². The normalized spacial score (nSPS) is 18.0. The molecule has 0 unspecified atom stereocenters. The van der Waals surface area contributed by atoms with E-state index in [4.69, 9.17) is 17.2 Å². The first-order valence-electron chi connectivity index (χ1n) is 13.6. The molecule has 0 spiro atoms. The summed E-state index contributed by atoms with van der Waals surface area (Å²) in [4.78, 5) is 30.0. The highest BCUT2D eigenvalue weighted by Crippen LogP contribution is 2.28. The molecule has 198 valence electrons. The molecule has 0 aliphatic heterocycles. The van der Waals surface area contributed by atoms with Crippen LogP contribution in [0.15, 0.2) is 40.9 Å². The van der Waals surface area contributed by atoms with E-state index in [1.54, 1.807) is 12.1 Å². The largest absolute Gasteiger partial charge is 0.370 e. The summed E-state index contributed by atoms with van der Waals surface area (Å²) in [5.74, 6) is 0.217. The SMILES string of the molecule is NC(N)=Nc1ccc(C[C@H](N)C(=O)N[C@@H](CCC2CCCCC2)C(=O)NCCC2=CCCCC2)cc1. The zero-order chi connectivity index (χ0) is 25.8. The van der Waals surface area contributed by atoms with Gasteiger partial charge in [0.15, 0.2) is 5.96 Å². The third-order valence-electron chi connectivity index (χ3n) is 7.34. The van der Waals surface area contributed by atoms with E-state index in [9.17, 15) is 9.59 Å². The van der Waals surface area contributed by atoms with Crippen LogP contribution in [0.3, 0.4) is 0 Å². The molecule has 36 heavy (non-hydrogen) atoms. The molecule has 2 aliphatic rings. The van der Waals surface area contributed by atoms with Crippen LogP contribution < -0.4 is 27.8 Å². The van der Waals surface area contributed by atoms with Crippen molar-refractivity contribution in [2.24, 2.45) is 28.1 Å². The summed E-state index contributed by atoms with van der Waals surface area (Å²) in [5, 5.41) is 6.02. The molecule has 3 rings (SSSR count). The van der Waals surface area contributed by atoms with Crippen molar-refractivity contribution in [2.75, 3.05) is 6.54 Å². The molecular weight excluding hydrogens is 452 g/mol. The lowest BCUT2D eigenvalue weighted by atomic mass is 9.85. The molecule has 2 atom stereocenters. The van der Waals surface area contributed by atoms with Crippen LogP contribution in [-0.4, -0.2) is 36.4 Å². The fourth-order valence-electron chi connectivity index (χ4n) is 5.23. The number of nitrogens with zero attached hydrogens (tertiary/aromatic N) is 1. The lowest BCUT2D eigenvalue weighted by molar-refractivity contribution is -0.129. The van der Waals surface area contributed by atoms with E-state index in [0.717, 1.165) is 31.2 Å². The molecule has 1 aromatic carbocycles. The summed E-state index contributed by atoms with van der Waals surface area (Å²) in [6.45, 7) is 0.606. The van der Waals surface area contributed by atoms with Crippen molar-refractivity contribution in [2.45, 2.75) is 95.6 Å². The van der Waals surface area contributed by atoms with Crippen LogP contribution >= 0.6 is 0 Å². The van der Waals surface area contributed by atoms with E-state index in [2.05, 4.69) is 21.7 Å². The highest BCUT2D eigenvalue weighted by molar-refractivity contribution is 5.89. The Morgan fingerprint density at radius 2 is 1.75 bits per heavy atom. The van der Waals surface area contributed by atoms with Gasteiger partial charge in [-0.3, -0.25) is 9.59 Å². The maximum Gasteiger partial charge on any atom is 0.242 e. The van der Waals surface area contributed by atoms with Crippen molar-refractivity contribution in [3.05, 3.63) is 41.5 Å². The van der Waals surface area contributed by atoms with E-state index in [1.807, 2.05) is 12.1 Å². The molecular formula is C28H44N6O2. The van der Waals surface area contributed by atoms with Crippen molar-refractivity contribution in [3.8, 4) is 0 Å². The molecule has 0 radical (unpaired) electrons. The Bertz CT molecular complexity index is 901. The number of hydrogen-bond donors (Lipinski definition) is 5. The first-order valence-corrected chi connectivity index (χ1v) is 13.6. The van der Waals surface area contributed by atoms with Gasteiger partial charge in [0, 0.05) is 6.54 Å². The first kappa shape index (κ1) is 27.7. The molecule has 1 saturated carbocycles. The van der Waals surface area contributed by atoms with Gasteiger partial charge in [0.25, 0.3) is 0 Å². The first-order chi connectivity index (χ1) is 17.4. The number of carbonyl (C=O) groups excluding carboxylic acids is 2. The zero-order valence-electron chi connectivity index (χ0n) is 21.5. The van der Waals surface area contributed by atoms with Crippen molar-refractivity contribution in [1.82, 2.24) is 10.6 Å². The molecule has 0 heterocycles. The molecule has 2 aliphatic carbocycles. The summed E-state index contributed by atoms with van der Waals surface area (Å²) >= 11 is 0. The minimum absolute atomic E-state index is 0.00756. The number of nitrogens with one attached hydrogen (secondary N) is 2. The van der Waals surface area contributed by atoms with E-state index >= 15 is 0 Å². The Kier molecular flexibility index (Phi) is 11.3. The van der Waals surface area contributed by atoms with E-state index in [1.165, 1.54) is 50.5 Å². The van der Waals surface area contributed by atoms with Gasteiger partial charge in [0.1, 0.15) is 6.04 Å². The summed E-state index contributed by atoms with van der Waals surface area (Å²) in [6, 6.07) is 5.94. The summed E-state index contributed by atoms with van der Waals surface area (Å²) in [7, 11) is 0. The van der Waals surface area contributed by atoms with Crippen molar-refractivity contribution in [1.29, 1.82) is 0 Å². The number of nitrogens with two attached hydrogens (primary N) is 3. The van der Waals surface area contributed by atoms with Gasteiger partial charge in [0.05, 0.1) is 11.7 Å². The van der Waals surface area contributed by atoms with Gasteiger partial charge in [-0.2, -0.15) is 0 Å². The van der Waals surface area contributed by atoms with Crippen molar-refractivity contribution < 1.29 is 9.59 Å². The monoisotopic (exact) mass is 496 g/mol. The molecule has 0 bridgehead atoms. The maximum atomic E-state index is 13.1. The van der Waals surface area contributed by atoms with Gasteiger partial charge in [-0.25, -0.2) is 4.99 Å². The number of hydrogen-bond acceptors (Lipinski definition) is 4. The number of carbonyl (C=O) groups is 2. The average Bonchev–Trinajstić information content (AvgIpc) is 2.88. The number of aliphatic imine (C=N–C) groups is 1. The number of rotatable bonds is 12. The molecule has 1 fully saturated rings. The Balaban J connectivity index is 1.54. The number of amides is 2. The number of allylic oxidation sites excluding steroid dienone is 1. The smallest absolute Gasteiger partial charge is 0.242 e. The highest BCUT2D eigenvalue weighted by Gasteiger charge is 2.25. The zero-order valence-corrected chi connectivity index (χ0v) is 21.5. The van der Waals surface area contributed by atoms with Crippen LogP contribution in [0.4, 0.5) is 5.69 Å². The number of benzene rings is 1. The maximum absolute atomic E-state index is 13.1. The minimum atomic E-state index is -0.753. The fraction of sp³-hybridized carbons (Fsp3) is 0.607. The summed E-state index contributed by atoms with van der Waals surface area (Å²) < 4.78 is 0. The third-order valence-corrected chi connectivity index (χ3v) is 7.34. The van der Waals surface area contributed by atoms with Gasteiger partial charge in [0.2, 0.25) is 11.8 Å². The van der Waals surface area contributed by atoms with Crippen LogP contribution in [-0.2, 0) is 16.0 Å². The molecule has 2 amide bonds. The second-order valence-corrected chi connectivity index (χ2v) is 10.3. The van der Waals surface area contributed by atoms with Crippen LogP contribution in [0, 0.1) is 5.92 Å². The molecule has 8 nitrogen and oxygen atoms in total. The molecule has 1 aromatic rings. The predicted octanol–water partition coefficient (Wildman–Crippen LogP) is 3.31. The Labute approximate surface area is 215 Å². The second-order valence-electron chi connectivity index (χ2n) is 10.3. The Hall–Kier alpha value is -2.87. The Morgan fingerprint density at radius 1 is 1.00 bits per heavy atom. The van der Waals surface area contributed by atoms with Crippen molar-refractivity contribution >= 4 is 23.5 Å². The lowest BCUT2D eigenvalue weighted by Crippen LogP contribution is -2.52. The Morgan fingerprint density at radius 3 is 2.42 bits per heavy atom. The quantitative estimate of drug-likeness (QED) is 0.171. The highest BCUT2D eigenvalue weighted by atomic mass is 16.2. The third kappa shape index (κ3) is 9.64. The fourth-order valence-corrected chi connectivity index (χ4v) is 5.23. The van der Waals surface area contributed by atoms with Crippen LogP contribution in [0.25, 0.3) is 0 Å². The standard InChI is InChI=1S/C28H44N6O2/c29-24(19-22-11-14-23(15-12-22)33-28(30)31)26(35)34-25(16-13-20-7-3-1-4-8-20)27(36)32-18-17-21-9-5-2-6-10-21/h9,11-12,14-15,20,24-25H,1-8,10,13,16-19,29H2,(H,32,36)(H,34,35)(H4,30,31,33)/t24-,25-/m0/s1.